The number of allylic oxidation sites excluding steroid dienone is 1. The van der Waals surface area contributed by atoms with E-state index < -0.39 is 0 Å². The van der Waals surface area contributed by atoms with Crippen molar-refractivity contribution in [2.75, 3.05) is 0 Å². The molecule has 76 valence electrons. The number of hydrogen-bond acceptors (Lipinski definition) is 1. The van der Waals surface area contributed by atoms with E-state index in [0.717, 1.165) is 0 Å². The predicted molar refractivity (Wildman–Crippen MR) is 56.9 cm³/mol. The van der Waals surface area contributed by atoms with Crippen LogP contribution in [0.2, 0.25) is 0 Å². The summed E-state index contributed by atoms with van der Waals surface area (Å²) in [5.41, 5.74) is 0. The lowest BCUT2D eigenvalue weighted by Crippen LogP contribution is -1.89. The van der Waals surface area contributed by atoms with Crippen LogP contribution in [0.25, 0.3) is 0 Å². The maximum Gasteiger partial charge on any atom is 0.102 e. The normalized spacial score (nSPS) is 26.9. The van der Waals surface area contributed by atoms with Crippen LogP contribution in [0.15, 0.2) is 12.2 Å². The van der Waals surface area contributed by atoms with E-state index in [1.165, 1.54) is 38.5 Å². The Morgan fingerprint density at radius 2 is 1.92 bits per heavy atom. The molecule has 1 nitrogen and oxygen atoms in total. The van der Waals surface area contributed by atoms with Gasteiger partial charge in [-0.2, -0.15) is 0 Å². The highest BCUT2D eigenvalue weighted by Crippen LogP contribution is 2.28. The summed E-state index contributed by atoms with van der Waals surface area (Å²) >= 11 is 0. The predicted octanol–water partition coefficient (Wildman–Crippen LogP) is 3.69. The zero-order chi connectivity index (χ0) is 9.52. The number of unbranched alkanes of at least 4 members (excludes halogenated alkanes) is 3. The van der Waals surface area contributed by atoms with Crippen molar-refractivity contribution in [1.29, 1.82) is 0 Å². The van der Waals surface area contributed by atoms with Crippen molar-refractivity contribution in [3.63, 3.8) is 0 Å². The van der Waals surface area contributed by atoms with Crippen molar-refractivity contribution in [1.82, 2.24) is 0 Å². The number of rotatable bonds is 7. The molecular formula is C12H22O. The van der Waals surface area contributed by atoms with Gasteiger partial charge in [0.15, 0.2) is 0 Å². The van der Waals surface area contributed by atoms with Gasteiger partial charge >= 0.3 is 0 Å². The van der Waals surface area contributed by atoms with Crippen molar-refractivity contribution in [3.8, 4) is 0 Å². The Labute approximate surface area is 82.2 Å². The molecule has 0 aliphatic carbocycles. The number of ether oxygens (including phenoxy) is 1. The molecule has 1 rings (SSSR count). The molecule has 0 spiro atoms. The minimum absolute atomic E-state index is 0.461. The first-order chi connectivity index (χ1) is 6.38. The SMILES string of the molecule is CCCC/C=C\[C@@H]1O[C@@H]1CCCC. The summed E-state index contributed by atoms with van der Waals surface area (Å²) in [6.45, 7) is 4.46. The Bertz CT molecular complexity index is 151. The van der Waals surface area contributed by atoms with Crippen molar-refractivity contribution in [3.05, 3.63) is 12.2 Å². The maximum absolute atomic E-state index is 5.51. The second-order valence-electron chi connectivity index (χ2n) is 3.85. The number of epoxide rings is 1. The van der Waals surface area contributed by atoms with Gasteiger partial charge in [0.25, 0.3) is 0 Å². The fourth-order valence-electron chi connectivity index (χ4n) is 1.52. The molecule has 0 amide bonds. The van der Waals surface area contributed by atoms with Crippen LogP contribution in [-0.2, 0) is 4.74 Å². The molecule has 1 aliphatic heterocycles. The Kier molecular flexibility index (Phi) is 5.14. The maximum atomic E-state index is 5.51. The Morgan fingerprint density at radius 3 is 2.62 bits per heavy atom. The molecule has 1 fully saturated rings. The minimum atomic E-state index is 0.461. The fraction of sp³-hybridized carbons (Fsp3) is 0.833. The Balaban J connectivity index is 1.96. The summed E-state index contributed by atoms with van der Waals surface area (Å²) in [6.07, 6.45) is 13.2. The number of hydrogen-bond donors (Lipinski definition) is 0. The van der Waals surface area contributed by atoms with Crippen LogP contribution >= 0.6 is 0 Å². The molecule has 0 radical (unpaired) electrons. The van der Waals surface area contributed by atoms with E-state index in [2.05, 4.69) is 26.0 Å². The molecule has 0 aromatic heterocycles. The van der Waals surface area contributed by atoms with E-state index in [0.29, 0.717) is 12.2 Å². The first kappa shape index (κ1) is 10.8. The molecule has 0 aromatic carbocycles. The van der Waals surface area contributed by atoms with E-state index >= 15 is 0 Å². The second kappa shape index (κ2) is 6.20. The highest BCUT2D eigenvalue weighted by molar-refractivity contribution is 5.02. The summed E-state index contributed by atoms with van der Waals surface area (Å²) in [5, 5.41) is 0. The van der Waals surface area contributed by atoms with Crippen molar-refractivity contribution in [2.45, 2.75) is 64.6 Å². The molecule has 2 atom stereocenters. The van der Waals surface area contributed by atoms with E-state index in [1.807, 2.05) is 0 Å². The van der Waals surface area contributed by atoms with Gasteiger partial charge in [-0.15, -0.1) is 0 Å². The van der Waals surface area contributed by atoms with E-state index in [4.69, 9.17) is 4.74 Å². The molecule has 1 heterocycles. The van der Waals surface area contributed by atoms with E-state index in [-0.39, 0.29) is 0 Å². The van der Waals surface area contributed by atoms with Crippen LogP contribution in [0.5, 0.6) is 0 Å². The Hall–Kier alpha value is -0.300. The molecule has 0 aromatic rings. The van der Waals surface area contributed by atoms with Gasteiger partial charge in [0, 0.05) is 0 Å². The van der Waals surface area contributed by atoms with E-state index in [9.17, 15) is 0 Å². The monoisotopic (exact) mass is 182 g/mol. The molecule has 1 heteroatoms. The van der Waals surface area contributed by atoms with Gasteiger partial charge in [-0.05, 0) is 12.8 Å². The highest BCUT2D eigenvalue weighted by atomic mass is 16.6. The van der Waals surface area contributed by atoms with Gasteiger partial charge < -0.3 is 4.74 Å². The standard InChI is InChI=1S/C12H22O/c1-3-5-7-8-10-12-11(13-12)9-6-4-2/h8,10-12H,3-7,9H2,1-2H3/b10-8-/t11-,12+/m1/s1. The largest absolute Gasteiger partial charge is 0.365 e. The van der Waals surface area contributed by atoms with Crippen LogP contribution in [0.4, 0.5) is 0 Å². The van der Waals surface area contributed by atoms with Crippen molar-refractivity contribution < 1.29 is 4.74 Å². The van der Waals surface area contributed by atoms with Gasteiger partial charge in [-0.25, -0.2) is 0 Å². The topological polar surface area (TPSA) is 12.5 Å². The lowest BCUT2D eigenvalue weighted by atomic mass is 10.1. The zero-order valence-corrected chi connectivity index (χ0v) is 8.96. The quantitative estimate of drug-likeness (QED) is 0.332. The lowest BCUT2D eigenvalue weighted by molar-refractivity contribution is 0.375. The molecule has 1 saturated heterocycles. The van der Waals surface area contributed by atoms with Crippen LogP contribution in [0, 0.1) is 0 Å². The second-order valence-corrected chi connectivity index (χ2v) is 3.85. The van der Waals surface area contributed by atoms with Crippen LogP contribution in [0.1, 0.15) is 52.4 Å². The molecule has 0 unspecified atom stereocenters. The molecular weight excluding hydrogens is 160 g/mol. The third-order valence-corrected chi connectivity index (χ3v) is 2.51. The van der Waals surface area contributed by atoms with Crippen LogP contribution in [0.3, 0.4) is 0 Å². The van der Waals surface area contributed by atoms with E-state index in [1.54, 1.807) is 0 Å². The summed E-state index contributed by atoms with van der Waals surface area (Å²) in [6, 6.07) is 0. The molecule has 0 bridgehead atoms. The average Bonchev–Trinajstić information content (AvgIpc) is 2.88. The first-order valence-electron chi connectivity index (χ1n) is 5.70. The smallest absolute Gasteiger partial charge is 0.102 e. The molecule has 1 aliphatic rings. The highest BCUT2D eigenvalue weighted by Gasteiger charge is 2.34. The lowest BCUT2D eigenvalue weighted by Gasteiger charge is -1.89. The summed E-state index contributed by atoms with van der Waals surface area (Å²) < 4.78 is 5.51. The first-order valence-corrected chi connectivity index (χ1v) is 5.70. The summed E-state index contributed by atoms with van der Waals surface area (Å²) in [4.78, 5) is 0. The fourth-order valence-corrected chi connectivity index (χ4v) is 1.52. The van der Waals surface area contributed by atoms with Crippen molar-refractivity contribution >= 4 is 0 Å². The average molecular weight is 182 g/mol. The minimum Gasteiger partial charge on any atom is -0.365 e. The van der Waals surface area contributed by atoms with Crippen molar-refractivity contribution in [2.24, 2.45) is 0 Å². The Morgan fingerprint density at radius 1 is 1.15 bits per heavy atom. The van der Waals surface area contributed by atoms with Gasteiger partial charge in [-0.1, -0.05) is 51.7 Å². The summed E-state index contributed by atoms with van der Waals surface area (Å²) in [5.74, 6) is 0. The van der Waals surface area contributed by atoms with Gasteiger partial charge in [-0.3, -0.25) is 0 Å². The summed E-state index contributed by atoms with van der Waals surface area (Å²) in [7, 11) is 0. The van der Waals surface area contributed by atoms with Gasteiger partial charge in [0.1, 0.15) is 6.10 Å². The third-order valence-electron chi connectivity index (χ3n) is 2.51. The van der Waals surface area contributed by atoms with Crippen LogP contribution < -0.4 is 0 Å². The third kappa shape index (κ3) is 4.47. The molecule has 0 saturated carbocycles. The van der Waals surface area contributed by atoms with Crippen LogP contribution in [-0.4, -0.2) is 12.2 Å². The van der Waals surface area contributed by atoms with Gasteiger partial charge in [0.2, 0.25) is 0 Å². The zero-order valence-electron chi connectivity index (χ0n) is 8.96. The van der Waals surface area contributed by atoms with Gasteiger partial charge in [0.05, 0.1) is 6.10 Å². The molecule has 0 N–H and O–H groups in total. The molecule has 13 heavy (non-hydrogen) atoms.